The van der Waals surface area contributed by atoms with Gasteiger partial charge < -0.3 is 32.6 Å². The van der Waals surface area contributed by atoms with Gasteiger partial charge in [-0.1, -0.05) is 111 Å². The van der Waals surface area contributed by atoms with E-state index in [1.165, 1.54) is 97.7 Å². The number of aliphatic hydroxyl groups excluding tert-OH is 1. The molecule has 0 bridgehead atoms. The summed E-state index contributed by atoms with van der Waals surface area (Å²) in [5.74, 6) is 0.944. The normalized spacial score (nSPS) is 20.6. The standard InChI is InChI=1S/C24H27N5O.C22H25N5S.C22H27N5S.C18H23N5/c1-16-13-24(26-17(2)30)28-21(16)9-6-10-22(18-7-4-3-5-8-18)27-20-11-12-23-19(14-20)15-25-29-23;1-3-13(10-14-11-24-22(23)28-14)21-16-7-5-4-6-15(16)20-17(25-21)8-9-18-19(20)12(2)26-27-18;1-4-8-16(5-2)21(17-11-12-19-20(15-17)28-22(23)26-19)25-18-9-6-13-24-27(3)14-7-10-18;1-4-6-14-12(2)15-9-20-11-19-8-5-7-17(15)22-18(14)16-10-21-23-13(16)3/h6-7,9-12,14-15,17,27,30H,1,3-5,8,13H2,2H3,(H,25,29);3,8-10,18-19,27H,4-7,11H2,1-2H3,(H2,23,24);5,7,9-13,15H,4,6,8,14H2,1-3H3,(H2,23,26);5,7,10-11H,4,6,8-9H2,1-3H3,(H,19,20)(H,21,23)/b;13-3+,14-10+;10-7?,16-5+,18-9+,24-13-,25-21-;7-5-. The summed E-state index contributed by atoms with van der Waals surface area (Å²) in [7, 11) is 1.97. The summed E-state index contributed by atoms with van der Waals surface area (Å²) >= 11 is 3.08. The molecular weight excluding hydrogens is 1390 g/mol. The SMILES string of the molecule is C/C=C(CCC)/C(=N/C1=C/C/C=N\N(C)CC=C1)c1ccc2nc(N)sc2c1.C/C=C(\C=C1/CN=C(N)S1)c1nc2c(c3c1CCCC3)C1C(C)=NNC1C=C2.C=C1CC(=NC(C)O)N=C1C=CC=C(Nc1ccc2[nH]ncc2c1)C1=CCCCC1.CCCc1c(-c2cn[nH]c2C)nc2c(c1C)CN=CNC/C=C\2. The number of aliphatic imine (C=N–C) groups is 5. The first-order valence-electron chi connectivity index (χ1n) is 38.2. The van der Waals surface area contributed by atoms with Gasteiger partial charge in [-0.05, 0) is 223 Å². The van der Waals surface area contributed by atoms with Gasteiger partial charge in [0.2, 0.25) is 0 Å². The molecule has 0 saturated carbocycles. The Balaban J connectivity index is 0.000000136. The molecule has 0 spiro atoms. The van der Waals surface area contributed by atoms with Crippen LogP contribution in [0.15, 0.2) is 196 Å². The number of nitrogen functional groups attached to an aromatic ring is 1. The van der Waals surface area contributed by atoms with Crippen LogP contribution in [0.1, 0.15) is 180 Å². The Bertz CT molecular complexity index is 5080. The highest BCUT2D eigenvalue weighted by Crippen LogP contribution is 2.43. The number of hydrogen-bond acceptors (Lipinski definition) is 20. The second kappa shape index (κ2) is 37.4. The number of likely N-dealkylation sites (N-methyl/N-ethyl adjacent to an activating group) is 1. The summed E-state index contributed by atoms with van der Waals surface area (Å²) in [6.45, 7) is 23.5. The second-order valence-corrected chi connectivity index (χ2v) is 30.2. The van der Waals surface area contributed by atoms with Crippen molar-refractivity contribution in [1.82, 2.24) is 51.1 Å². The Kier molecular flexibility index (Phi) is 26.7. The Morgan fingerprint density at radius 3 is 2.51 bits per heavy atom. The predicted octanol–water partition coefficient (Wildman–Crippen LogP) is 17.2. The summed E-state index contributed by atoms with van der Waals surface area (Å²) in [6.07, 6.45) is 51.3. The van der Waals surface area contributed by atoms with Crippen molar-refractivity contribution < 1.29 is 5.11 Å². The van der Waals surface area contributed by atoms with E-state index in [-0.39, 0.29) is 6.04 Å². The highest BCUT2D eigenvalue weighted by atomic mass is 32.2. The maximum absolute atomic E-state index is 9.44. The Morgan fingerprint density at radius 1 is 0.899 bits per heavy atom. The molecule has 7 aromatic rings. The maximum Gasteiger partial charge on any atom is 0.181 e. The lowest BCUT2D eigenvalue weighted by atomic mass is 9.76. The number of hydrazone groups is 2. The molecule has 0 fully saturated rings. The van der Waals surface area contributed by atoms with Crippen LogP contribution in [-0.2, 0) is 25.8 Å². The van der Waals surface area contributed by atoms with Gasteiger partial charge in [0.15, 0.2) is 10.3 Å². The lowest BCUT2D eigenvalue weighted by Crippen LogP contribution is -2.30. The molecule has 564 valence electrons. The maximum atomic E-state index is 9.44. The average molecular weight is 1500 g/mol. The van der Waals surface area contributed by atoms with Crippen LogP contribution in [0.5, 0.6) is 0 Å². The summed E-state index contributed by atoms with van der Waals surface area (Å²) in [5, 5.41) is 43.6. The molecule has 109 heavy (non-hydrogen) atoms. The number of aromatic amines is 2. The fourth-order valence-electron chi connectivity index (χ4n) is 14.6. The first kappa shape index (κ1) is 77.9. The Hall–Kier alpha value is -10.8. The van der Waals surface area contributed by atoms with E-state index in [0.29, 0.717) is 41.6 Å². The van der Waals surface area contributed by atoms with E-state index in [2.05, 4.69) is 217 Å². The minimum Gasteiger partial charge on any atom is -0.378 e. The van der Waals surface area contributed by atoms with E-state index in [9.17, 15) is 5.11 Å². The van der Waals surface area contributed by atoms with Crippen molar-refractivity contribution in [2.75, 3.05) is 37.7 Å². The van der Waals surface area contributed by atoms with Gasteiger partial charge in [-0.3, -0.25) is 25.2 Å². The summed E-state index contributed by atoms with van der Waals surface area (Å²) in [4.78, 5) is 38.2. The van der Waals surface area contributed by atoms with Crippen LogP contribution in [0.2, 0.25) is 0 Å². The van der Waals surface area contributed by atoms with Crippen molar-refractivity contribution in [3.8, 4) is 11.3 Å². The van der Waals surface area contributed by atoms with Crippen LogP contribution in [0.25, 0.3) is 50.1 Å². The van der Waals surface area contributed by atoms with Crippen molar-refractivity contribution in [3.63, 3.8) is 0 Å². The van der Waals surface area contributed by atoms with E-state index in [0.717, 1.165) is 166 Å². The number of hydrogen-bond donors (Lipinski definition) is 8. The third-order valence-electron chi connectivity index (χ3n) is 20.0. The fraction of sp³-hybridized carbons (Fsp3) is 0.349. The highest BCUT2D eigenvalue weighted by molar-refractivity contribution is 8.17. The van der Waals surface area contributed by atoms with Crippen LogP contribution >= 0.6 is 23.1 Å². The molecule has 3 aliphatic carbocycles. The smallest absolute Gasteiger partial charge is 0.181 e. The number of benzene rings is 2. The molecular formula is C86H102N20OS2. The molecule has 5 aromatic heterocycles. The number of amidine groups is 2. The van der Waals surface area contributed by atoms with E-state index < -0.39 is 6.23 Å². The molecule has 23 heteroatoms. The zero-order chi connectivity index (χ0) is 76.3. The Labute approximate surface area is 648 Å². The molecule has 15 rings (SSSR count). The van der Waals surface area contributed by atoms with Crippen molar-refractivity contribution in [2.45, 2.75) is 170 Å². The van der Waals surface area contributed by atoms with Gasteiger partial charge >= 0.3 is 0 Å². The molecule has 10 heterocycles. The number of nitrogens with two attached hydrogens (primary N) is 2. The molecule has 0 radical (unpaired) electrons. The van der Waals surface area contributed by atoms with Gasteiger partial charge in [0.1, 0.15) is 12.1 Å². The van der Waals surface area contributed by atoms with Crippen LogP contribution in [0.3, 0.4) is 0 Å². The highest BCUT2D eigenvalue weighted by Gasteiger charge is 2.37. The Morgan fingerprint density at radius 2 is 1.74 bits per heavy atom. The first-order valence-corrected chi connectivity index (χ1v) is 39.8. The molecule has 0 saturated heterocycles. The average Bonchev–Trinajstić information content (AvgIpc) is 1.73. The van der Waals surface area contributed by atoms with Crippen molar-refractivity contribution in [3.05, 3.63) is 223 Å². The molecule has 3 unspecified atom stereocenters. The van der Waals surface area contributed by atoms with Gasteiger partial charge in [0, 0.05) is 82.4 Å². The molecule has 5 aliphatic heterocycles. The fourth-order valence-corrected chi connectivity index (χ4v) is 16.1. The van der Waals surface area contributed by atoms with Crippen LogP contribution in [-0.4, -0.2) is 125 Å². The molecule has 2 aromatic carbocycles. The molecule has 8 aliphatic rings. The van der Waals surface area contributed by atoms with Crippen LogP contribution in [0, 0.1) is 13.8 Å². The number of nitrogens with zero attached hydrogens (tertiary/aromatic N) is 13. The molecule has 3 atom stereocenters. The quantitative estimate of drug-likeness (QED) is 0.0330. The topological polar surface area (TPSA) is 294 Å². The number of pyridine rings is 2. The van der Waals surface area contributed by atoms with Crippen molar-refractivity contribution >= 4 is 113 Å². The minimum absolute atomic E-state index is 0.268. The number of aryl methyl sites for hydroxylation is 1. The van der Waals surface area contributed by atoms with Crippen molar-refractivity contribution in [1.29, 1.82) is 0 Å². The number of aliphatic hydroxyl groups is 1. The summed E-state index contributed by atoms with van der Waals surface area (Å²) in [6, 6.07) is 12.7. The lowest BCUT2D eigenvalue weighted by Gasteiger charge is -2.31. The largest absolute Gasteiger partial charge is 0.378 e. The van der Waals surface area contributed by atoms with Gasteiger partial charge in [0.25, 0.3) is 0 Å². The van der Waals surface area contributed by atoms with Crippen molar-refractivity contribution in [2.24, 2.45) is 40.9 Å². The number of aromatic nitrogens is 7. The molecule has 21 nitrogen and oxygen atoms in total. The van der Waals surface area contributed by atoms with Gasteiger partial charge in [-0.2, -0.15) is 20.4 Å². The van der Waals surface area contributed by atoms with Gasteiger partial charge in [-0.25, -0.2) is 29.9 Å². The van der Waals surface area contributed by atoms with E-state index in [4.69, 9.17) is 26.4 Å². The number of H-pyrrole nitrogens is 2. The van der Waals surface area contributed by atoms with E-state index >= 15 is 0 Å². The monoisotopic (exact) mass is 1490 g/mol. The number of thiazole rings is 1. The first-order chi connectivity index (χ1) is 53.1. The number of thioether (sulfide) groups is 1. The lowest BCUT2D eigenvalue weighted by molar-refractivity contribution is 0.205. The van der Waals surface area contributed by atoms with Crippen LogP contribution in [0.4, 0.5) is 10.8 Å². The number of allylic oxidation sites excluding steroid dienone is 12. The van der Waals surface area contributed by atoms with Gasteiger partial charge in [-0.15, -0.1) is 0 Å². The van der Waals surface area contributed by atoms with Gasteiger partial charge in [0.05, 0.1) is 106 Å². The van der Waals surface area contributed by atoms with E-state index in [1.807, 2.05) is 61.9 Å². The van der Waals surface area contributed by atoms with E-state index in [1.54, 1.807) is 25.0 Å². The third-order valence-corrected chi connectivity index (χ3v) is 21.7. The molecule has 0 amide bonds. The zero-order valence-corrected chi connectivity index (χ0v) is 65.9. The second-order valence-electron chi connectivity index (χ2n) is 28.0. The number of nitrogens with one attached hydrogen (secondary N) is 5. The van der Waals surface area contributed by atoms with Crippen LogP contribution < -0.4 is 27.5 Å². The predicted molar refractivity (Wildman–Crippen MR) is 459 cm³/mol. The zero-order valence-electron chi connectivity index (χ0n) is 64.3. The number of fused-ring (bicyclic) bond motifs is 8. The molecule has 10 N–H and O–H groups in total. The third kappa shape index (κ3) is 19.6. The number of rotatable bonds is 16. The number of anilines is 2. The summed E-state index contributed by atoms with van der Waals surface area (Å²) < 4.78 is 1.09. The minimum atomic E-state index is -0.749. The summed E-state index contributed by atoms with van der Waals surface area (Å²) in [5.41, 5.74) is 43.5.